The quantitative estimate of drug-likeness (QED) is 0.500. The number of carbonyl (C=O) groups is 1. The first-order chi connectivity index (χ1) is 14.7. The third-order valence-corrected chi connectivity index (χ3v) is 6.64. The molecule has 4 heterocycles. The number of aromatic nitrogens is 4. The third kappa shape index (κ3) is 3.37. The molecule has 1 aromatic carbocycles. The summed E-state index contributed by atoms with van der Waals surface area (Å²) in [6.07, 6.45) is 6.63. The molecule has 0 saturated carbocycles. The van der Waals surface area contributed by atoms with Crippen molar-refractivity contribution in [3.63, 3.8) is 0 Å². The molecule has 154 valence electrons. The summed E-state index contributed by atoms with van der Waals surface area (Å²) in [7, 11) is 0. The van der Waals surface area contributed by atoms with Crippen molar-refractivity contribution in [3.8, 4) is 0 Å². The molecule has 8 heteroatoms. The number of thiazole rings is 1. The van der Waals surface area contributed by atoms with Crippen LogP contribution in [0, 0.1) is 0 Å². The van der Waals surface area contributed by atoms with E-state index in [1.165, 1.54) is 5.56 Å². The molecule has 0 bridgehead atoms. The number of H-pyrrole nitrogens is 1. The predicted molar refractivity (Wildman–Crippen MR) is 119 cm³/mol. The number of nitrogens with zero attached hydrogens (tertiary/aromatic N) is 4. The second-order valence-corrected chi connectivity index (χ2v) is 8.49. The highest BCUT2D eigenvalue weighted by molar-refractivity contribution is 7.15. The van der Waals surface area contributed by atoms with E-state index < -0.39 is 0 Å². The van der Waals surface area contributed by atoms with Gasteiger partial charge >= 0.3 is 0 Å². The lowest BCUT2D eigenvalue weighted by Gasteiger charge is -2.31. The first-order valence-electron chi connectivity index (χ1n) is 10.3. The van der Waals surface area contributed by atoms with E-state index in [0.29, 0.717) is 12.2 Å². The van der Waals surface area contributed by atoms with E-state index in [1.807, 2.05) is 11.0 Å². The monoisotopic (exact) mass is 420 g/mol. The molecular weight excluding hydrogens is 396 g/mol. The fourth-order valence-electron chi connectivity index (χ4n) is 4.20. The van der Waals surface area contributed by atoms with Crippen LogP contribution >= 0.6 is 11.3 Å². The minimum absolute atomic E-state index is 0.00838. The van der Waals surface area contributed by atoms with Crippen molar-refractivity contribution < 1.29 is 4.79 Å². The Bertz CT molecular complexity index is 1160. The molecule has 2 N–H and O–H groups in total. The van der Waals surface area contributed by atoms with Gasteiger partial charge in [-0.2, -0.15) is 5.10 Å². The van der Waals surface area contributed by atoms with Crippen LogP contribution in [0.2, 0.25) is 0 Å². The van der Waals surface area contributed by atoms with E-state index >= 15 is 0 Å². The SMILES string of the molecule is CCc1ccccc1Nc1nc([C@H]2CCCN(C(=O)c3ccn[nH]3)C2)c2sccn12. The topological polar surface area (TPSA) is 78.3 Å². The highest BCUT2D eigenvalue weighted by Gasteiger charge is 2.29. The van der Waals surface area contributed by atoms with E-state index in [9.17, 15) is 4.79 Å². The standard InChI is InChI=1S/C22H24N6OS/c1-2-15-6-3-4-8-17(15)24-22-25-19(21-28(22)12-13-30-21)16-7-5-11-27(14-16)20(29)18-9-10-23-26-18/h3-4,6,8-10,12-13,16H,2,5,7,11,14H2,1H3,(H,23,26)(H,24,25)/t16-/m0/s1. The van der Waals surface area contributed by atoms with E-state index in [2.05, 4.69) is 56.6 Å². The van der Waals surface area contributed by atoms with Crippen molar-refractivity contribution in [2.75, 3.05) is 18.4 Å². The number of amides is 1. The number of para-hydroxylation sites is 1. The van der Waals surface area contributed by atoms with E-state index in [1.54, 1.807) is 23.6 Å². The minimum atomic E-state index is 0.00838. The van der Waals surface area contributed by atoms with Gasteiger partial charge in [-0.3, -0.25) is 14.3 Å². The lowest BCUT2D eigenvalue weighted by atomic mass is 9.95. The number of aryl methyl sites for hydroxylation is 1. The molecule has 4 aromatic rings. The summed E-state index contributed by atoms with van der Waals surface area (Å²) in [6, 6.07) is 10.1. The van der Waals surface area contributed by atoms with Gasteiger partial charge in [-0.25, -0.2) is 4.98 Å². The third-order valence-electron chi connectivity index (χ3n) is 5.75. The molecule has 1 saturated heterocycles. The summed E-state index contributed by atoms with van der Waals surface area (Å²) in [5.41, 5.74) is 3.97. The largest absolute Gasteiger partial charge is 0.337 e. The number of benzene rings is 1. The second kappa shape index (κ2) is 7.95. The van der Waals surface area contributed by atoms with Crippen molar-refractivity contribution >= 4 is 33.7 Å². The van der Waals surface area contributed by atoms with Crippen LogP contribution in [0.25, 0.3) is 4.83 Å². The zero-order valence-electron chi connectivity index (χ0n) is 16.8. The van der Waals surface area contributed by atoms with Gasteiger partial charge in [-0.15, -0.1) is 11.3 Å². The zero-order chi connectivity index (χ0) is 20.5. The molecule has 7 nitrogen and oxygen atoms in total. The van der Waals surface area contributed by atoms with Gasteiger partial charge in [0.25, 0.3) is 5.91 Å². The van der Waals surface area contributed by atoms with E-state index in [-0.39, 0.29) is 11.8 Å². The maximum Gasteiger partial charge on any atom is 0.271 e. The second-order valence-electron chi connectivity index (χ2n) is 7.60. The maximum absolute atomic E-state index is 12.8. The first-order valence-corrected chi connectivity index (χ1v) is 11.2. The molecule has 30 heavy (non-hydrogen) atoms. The van der Waals surface area contributed by atoms with Crippen molar-refractivity contribution in [1.82, 2.24) is 24.5 Å². The van der Waals surface area contributed by atoms with E-state index in [0.717, 1.165) is 48.0 Å². The van der Waals surface area contributed by atoms with Crippen molar-refractivity contribution in [2.45, 2.75) is 32.1 Å². The molecular formula is C22H24N6OS. The summed E-state index contributed by atoms with van der Waals surface area (Å²) >= 11 is 1.70. The molecule has 0 aliphatic carbocycles. The Morgan fingerprint density at radius 3 is 3.07 bits per heavy atom. The number of anilines is 2. The Morgan fingerprint density at radius 2 is 2.23 bits per heavy atom. The van der Waals surface area contributed by atoms with Gasteiger partial charge in [-0.05, 0) is 37.0 Å². The molecule has 5 rings (SSSR count). The van der Waals surface area contributed by atoms with Crippen LogP contribution in [0.5, 0.6) is 0 Å². The van der Waals surface area contributed by atoms with Gasteiger partial charge in [0.05, 0.1) is 5.69 Å². The van der Waals surface area contributed by atoms with Crippen LogP contribution in [0.15, 0.2) is 48.1 Å². The van der Waals surface area contributed by atoms with Gasteiger partial charge in [-0.1, -0.05) is 25.1 Å². The number of fused-ring (bicyclic) bond motifs is 1. The number of piperidine rings is 1. The Balaban J connectivity index is 1.43. The van der Waals surface area contributed by atoms with Gasteiger partial charge in [0.15, 0.2) is 0 Å². The van der Waals surface area contributed by atoms with Crippen LogP contribution < -0.4 is 5.32 Å². The Morgan fingerprint density at radius 1 is 1.33 bits per heavy atom. The summed E-state index contributed by atoms with van der Waals surface area (Å²) in [5, 5.41) is 12.3. The summed E-state index contributed by atoms with van der Waals surface area (Å²) in [5.74, 6) is 1.06. The average Bonchev–Trinajstić information content (AvgIpc) is 3.53. The molecule has 0 spiro atoms. The van der Waals surface area contributed by atoms with Gasteiger partial charge < -0.3 is 10.2 Å². The Kier molecular flexibility index (Phi) is 5.00. The first kappa shape index (κ1) is 18.9. The molecule has 1 atom stereocenters. The summed E-state index contributed by atoms with van der Waals surface area (Å²) < 4.78 is 2.13. The molecule has 0 radical (unpaired) electrons. The van der Waals surface area contributed by atoms with Crippen LogP contribution in [0.4, 0.5) is 11.6 Å². The fourth-order valence-corrected chi connectivity index (χ4v) is 5.11. The predicted octanol–water partition coefficient (Wildman–Crippen LogP) is 4.44. The highest BCUT2D eigenvalue weighted by atomic mass is 32.1. The summed E-state index contributed by atoms with van der Waals surface area (Å²) in [4.78, 5) is 20.9. The summed E-state index contributed by atoms with van der Waals surface area (Å²) in [6.45, 7) is 3.60. The number of nitrogens with one attached hydrogen (secondary N) is 2. The maximum atomic E-state index is 12.8. The molecule has 0 unspecified atom stereocenters. The van der Waals surface area contributed by atoms with E-state index in [4.69, 9.17) is 4.98 Å². The molecule has 1 amide bonds. The molecule has 1 aliphatic heterocycles. The van der Waals surface area contributed by atoms with Gasteiger partial charge in [0.1, 0.15) is 10.5 Å². The fraction of sp³-hybridized carbons (Fsp3) is 0.318. The normalized spacial score (nSPS) is 16.8. The van der Waals surface area contributed by atoms with Gasteiger partial charge in [0, 0.05) is 42.5 Å². The number of rotatable bonds is 5. The van der Waals surface area contributed by atoms with Crippen LogP contribution in [-0.4, -0.2) is 43.5 Å². The average molecular weight is 421 g/mol. The number of carbonyl (C=O) groups excluding carboxylic acids is 1. The highest BCUT2D eigenvalue weighted by Crippen LogP contribution is 2.34. The van der Waals surface area contributed by atoms with Crippen molar-refractivity contribution in [1.29, 1.82) is 0 Å². The minimum Gasteiger partial charge on any atom is -0.337 e. The number of aromatic amines is 1. The Hall–Kier alpha value is -3.13. The molecule has 1 aliphatic rings. The van der Waals surface area contributed by atoms with Crippen molar-refractivity contribution in [2.24, 2.45) is 0 Å². The lowest BCUT2D eigenvalue weighted by Crippen LogP contribution is -2.39. The zero-order valence-corrected chi connectivity index (χ0v) is 17.7. The lowest BCUT2D eigenvalue weighted by molar-refractivity contribution is 0.0700. The Labute approximate surface area is 178 Å². The molecule has 1 fully saturated rings. The number of hydrogen-bond acceptors (Lipinski definition) is 5. The number of hydrogen-bond donors (Lipinski definition) is 2. The number of imidazole rings is 1. The van der Waals surface area contributed by atoms with Crippen LogP contribution in [0.3, 0.4) is 0 Å². The van der Waals surface area contributed by atoms with Crippen LogP contribution in [-0.2, 0) is 6.42 Å². The van der Waals surface area contributed by atoms with Crippen LogP contribution in [0.1, 0.15) is 47.4 Å². The smallest absolute Gasteiger partial charge is 0.271 e. The van der Waals surface area contributed by atoms with Crippen molar-refractivity contribution in [3.05, 3.63) is 65.1 Å². The number of likely N-dealkylation sites (tertiary alicyclic amines) is 1. The van der Waals surface area contributed by atoms with Gasteiger partial charge in [0.2, 0.25) is 5.95 Å². The molecule has 3 aromatic heterocycles.